The standard InChI is InChI=1S/C27H23N2O.C20H26GeN.Ir/c1-17(2)15-19-13-14-28-24(16-19)21-10-9-18(3)25-22-11-12-23(20-7-5-4-6-8-20)29-27(22)30-26(21)25;1-21(2,3)19-15-22-20(17-11-5-4-6-12-17)14-18(19)13-16-9-7-8-10-16;/h4-9,11-14,16-17H,15H2,1-3H3;4-6,11,14-16H,7-10,13H2,1-3H3;/q2*-1;. The van der Waals surface area contributed by atoms with Gasteiger partial charge in [0.25, 0.3) is 0 Å². The molecule has 0 bridgehead atoms. The number of hydrogen-bond acceptors (Lipinski definition) is 4. The molecule has 0 atom stereocenters. The van der Waals surface area contributed by atoms with Crippen molar-refractivity contribution in [1.29, 1.82) is 0 Å². The molecule has 8 rings (SSSR count). The zero-order chi connectivity index (χ0) is 36.2. The van der Waals surface area contributed by atoms with E-state index in [1.807, 2.05) is 42.6 Å². The van der Waals surface area contributed by atoms with E-state index in [0.29, 0.717) is 11.6 Å². The monoisotopic (exact) mass is 938 g/mol. The minimum absolute atomic E-state index is 0. The number of aryl methyl sites for hydroxylation is 1. The second-order valence-electron chi connectivity index (χ2n) is 15.8. The van der Waals surface area contributed by atoms with Crippen LogP contribution in [0, 0.1) is 30.9 Å². The van der Waals surface area contributed by atoms with E-state index >= 15 is 0 Å². The molecule has 1 aliphatic carbocycles. The first kappa shape index (κ1) is 38.8. The molecule has 7 aromatic rings. The van der Waals surface area contributed by atoms with E-state index in [0.717, 1.165) is 68.0 Å². The van der Waals surface area contributed by atoms with Crippen LogP contribution in [-0.4, -0.2) is 28.2 Å². The Labute approximate surface area is 331 Å². The molecule has 1 fully saturated rings. The Morgan fingerprint density at radius 3 is 2.34 bits per heavy atom. The van der Waals surface area contributed by atoms with Crippen LogP contribution in [0.1, 0.15) is 56.2 Å². The summed E-state index contributed by atoms with van der Waals surface area (Å²) in [5.41, 5.74) is 11.4. The van der Waals surface area contributed by atoms with Crippen LogP contribution >= 0.6 is 0 Å². The summed E-state index contributed by atoms with van der Waals surface area (Å²) in [4.78, 5) is 14.2. The van der Waals surface area contributed by atoms with Crippen LogP contribution in [0.25, 0.3) is 55.8 Å². The summed E-state index contributed by atoms with van der Waals surface area (Å²) in [7, 11) is 0. The maximum atomic E-state index is 6.32. The summed E-state index contributed by atoms with van der Waals surface area (Å²) in [6.45, 7) is 6.54. The normalized spacial score (nSPS) is 13.3. The van der Waals surface area contributed by atoms with Gasteiger partial charge in [0.05, 0.1) is 11.3 Å². The Balaban J connectivity index is 0.000000187. The molecule has 53 heavy (non-hydrogen) atoms. The van der Waals surface area contributed by atoms with Gasteiger partial charge in [0.1, 0.15) is 0 Å². The van der Waals surface area contributed by atoms with Crippen LogP contribution in [0.4, 0.5) is 0 Å². The van der Waals surface area contributed by atoms with Gasteiger partial charge >= 0.3 is 137 Å². The Bertz CT molecular complexity index is 2290. The quantitative estimate of drug-likeness (QED) is 0.113. The van der Waals surface area contributed by atoms with Gasteiger partial charge in [-0.3, -0.25) is 0 Å². The summed E-state index contributed by atoms with van der Waals surface area (Å²) in [6.07, 6.45) is 12.0. The molecular formula is C47H49GeIrN3O-2. The van der Waals surface area contributed by atoms with Gasteiger partial charge in [-0.1, -0.05) is 73.7 Å². The average molecular weight is 937 g/mol. The second kappa shape index (κ2) is 17.1. The SMILES string of the molecule is Cc1c[c-]c(-c2cc(CC(C)C)ccn2)c2oc3nc(-c4ccccc4)ccc3c12.[CH3][Ge]([CH3])([CH3])[c]1cnc(-c2[c-]cccc2)cc1CC1CCCC1.[Ir]. The molecule has 1 radical (unpaired) electrons. The van der Waals surface area contributed by atoms with E-state index in [9.17, 15) is 0 Å². The third kappa shape index (κ3) is 9.08. The van der Waals surface area contributed by atoms with E-state index in [1.165, 1.54) is 37.7 Å². The zero-order valence-electron chi connectivity index (χ0n) is 31.8. The maximum Gasteiger partial charge on any atom is 0 e. The molecule has 0 saturated heterocycles. The van der Waals surface area contributed by atoms with Crippen molar-refractivity contribution in [3.8, 4) is 33.8 Å². The predicted molar refractivity (Wildman–Crippen MR) is 219 cm³/mol. The minimum Gasteiger partial charge on any atom is 0 e. The van der Waals surface area contributed by atoms with Crippen molar-refractivity contribution in [2.75, 3.05) is 0 Å². The van der Waals surface area contributed by atoms with Gasteiger partial charge in [-0.15, -0.1) is 17.7 Å². The van der Waals surface area contributed by atoms with E-state index in [-0.39, 0.29) is 20.1 Å². The third-order valence-electron chi connectivity index (χ3n) is 10.2. The molecule has 4 aromatic heterocycles. The number of aromatic nitrogens is 3. The van der Waals surface area contributed by atoms with Crippen LogP contribution in [-0.2, 0) is 32.9 Å². The molecule has 0 unspecified atom stereocenters. The fourth-order valence-electron chi connectivity index (χ4n) is 7.60. The van der Waals surface area contributed by atoms with E-state index in [1.54, 1.807) is 9.96 Å². The average Bonchev–Trinajstić information content (AvgIpc) is 3.80. The first-order valence-corrected chi connectivity index (χ1v) is 26.2. The Kier molecular flexibility index (Phi) is 12.5. The van der Waals surface area contributed by atoms with Crippen molar-refractivity contribution >= 4 is 39.7 Å². The summed E-state index contributed by atoms with van der Waals surface area (Å²) in [5, 5.41) is 2.11. The molecule has 0 spiro atoms. The molecule has 6 heteroatoms. The molecule has 0 N–H and O–H groups in total. The Hall–Kier alpha value is -3.90. The fraction of sp³-hybridized carbons (Fsp3) is 0.298. The zero-order valence-corrected chi connectivity index (χ0v) is 36.3. The minimum atomic E-state index is -1.87. The van der Waals surface area contributed by atoms with E-state index < -0.39 is 13.3 Å². The number of furan rings is 1. The maximum absolute atomic E-state index is 6.32. The molecule has 4 heterocycles. The summed E-state index contributed by atoms with van der Waals surface area (Å²) < 4.78 is 7.91. The van der Waals surface area contributed by atoms with Gasteiger partial charge < -0.3 is 9.40 Å². The molecule has 273 valence electrons. The largest absolute Gasteiger partial charge is 0 e. The summed E-state index contributed by atoms with van der Waals surface area (Å²) >= 11 is -1.87. The second-order valence-corrected chi connectivity index (χ2v) is 26.4. The van der Waals surface area contributed by atoms with Gasteiger partial charge in [-0.05, 0) is 36.2 Å². The van der Waals surface area contributed by atoms with Crippen molar-refractivity contribution in [1.82, 2.24) is 15.0 Å². The molecule has 4 nitrogen and oxygen atoms in total. The van der Waals surface area contributed by atoms with Crippen molar-refractivity contribution in [2.45, 2.75) is 76.6 Å². The van der Waals surface area contributed by atoms with Crippen LogP contribution in [0.3, 0.4) is 0 Å². The number of benzene rings is 3. The number of rotatable bonds is 8. The topological polar surface area (TPSA) is 51.8 Å². The third-order valence-corrected chi connectivity index (χ3v) is 14.5. The first-order chi connectivity index (χ1) is 25.1. The Morgan fingerprint density at radius 1 is 0.849 bits per heavy atom. The Morgan fingerprint density at radius 2 is 1.62 bits per heavy atom. The summed E-state index contributed by atoms with van der Waals surface area (Å²) in [6, 6.07) is 37.8. The van der Waals surface area contributed by atoms with Crippen molar-refractivity contribution in [3.05, 3.63) is 132 Å². The van der Waals surface area contributed by atoms with Crippen LogP contribution < -0.4 is 4.40 Å². The molecule has 1 aliphatic rings. The van der Waals surface area contributed by atoms with Gasteiger partial charge in [0, 0.05) is 37.3 Å². The predicted octanol–water partition coefficient (Wildman–Crippen LogP) is 11.8. The number of pyridine rings is 3. The molecule has 3 aromatic carbocycles. The number of hydrogen-bond donors (Lipinski definition) is 0. The fourth-order valence-corrected chi connectivity index (χ4v) is 10.9. The summed E-state index contributed by atoms with van der Waals surface area (Å²) in [5.74, 6) is 8.91. The molecule has 0 aliphatic heterocycles. The van der Waals surface area contributed by atoms with Gasteiger partial charge in [0.2, 0.25) is 5.71 Å². The van der Waals surface area contributed by atoms with Gasteiger partial charge in [-0.25, -0.2) is 4.98 Å². The van der Waals surface area contributed by atoms with Crippen LogP contribution in [0.5, 0.6) is 0 Å². The van der Waals surface area contributed by atoms with E-state index in [2.05, 4.69) is 116 Å². The van der Waals surface area contributed by atoms with Crippen molar-refractivity contribution < 1.29 is 24.5 Å². The van der Waals surface area contributed by atoms with E-state index in [4.69, 9.17) is 14.4 Å². The van der Waals surface area contributed by atoms with Crippen molar-refractivity contribution in [2.24, 2.45) is 11.8 Å². The van der Waals surface area contributed by atoms with Crippen LogP contribution in [0.2, 0.25) is 17.3 Å². The van der Waals surface area contributed by atoms with Gasteiger partial charge in [-0.2, -0.15) is 0 Å². The van der Waals surface area contributed by atoms with Crippen LogP contribution in [0.15, 0.2) is 108 Å². The van der Waals surface area contributed by atoms with Crippen molar-refractivity contribution in [3.63, 3.8) is 0 Å². The first-order valence-electron chi connectivity index (χ1n) is 18.9. The number of fused-ring (bicyclic) bond motifs is 3. The number of nitrogens with zero attached hydrogens (tertiary/aromatic N) is 3. The van der Waals surface area contributed by atoms with Gasteiger partial charge in [0.15, 0.2) is 0 Å². The smallest absolute Gasteiger partial charge is 0 e. The molecule has 1 saturated carbocycles. The molecule has 0 amide bonds. The molecular weight excluding hydrogens is 887 g/mol.